The molecular weight excluding hydrogens is 298 g/mol. The van der Waals surface area contributed by atoms with E-state index < -0.39 is 0 Å². The third kappa shape index (κ3) is 3.15. The summed E-state index contributed by atoms with van der Waals surface area (Å²) in [5.41, 5.74) is 2.48. The highest BCUT2D eigenvalue weighted by atomic mass is 32.2. The van der Waals surface area contributed by atoms with Crippen LogP contribution in [0, 0.1) is 0 Å². The SMILES string of the molecule is NNc1nc(Sc2nccs2)nc(N2CCOCC2)n1. The van der Waals surface area contributed by atoms with E-state index >= 15 is 0 Å². The van der Waals surface area contributed by atoms with Crippen LogP contribution < -0.4 is 16.2 Å². The van der Waals surface area contributed by atoms with E-state index in [0.717, 1.165) is 17.4 Å². The minimum absolute atomic E-state index is 0.348. The van der Waals surface area contributed by atoms with E-state index in [4.69, 9.17) is 10.6 Å². The van der Waals surface area contributed by atoms with E-state index in [9.17, 15) is 0 Å². The molecule has 10 heteroatoms. The number of nitrogens with one attached hydrogen (secondary N) is 1. The number of hydrogen-bond donors (Lipinski definition) is 2. The number of nitrogen functional groups attached to an aromatic ring is 1. The van der Waals surface area contributed by atoms with Gasteiger partial charge < -0.3 is 9.64 Å². The van der Waals surface area contributed by atoms with Gasteiger partial charge in [0.1, 0.15) is 0 Å². The van der Waals surface area contributed by atoms with Crippen LogP contribution in [0.3, 0.4) is 0 Å². The Labute approximate surface area is 123 Å². The maximum absolute atomic E-state index is 5.42. The average molecular weight is 311 g/mol. The molecule has 20 heavy (non-hydrogen) atoms. The fraction of sp³-hybridized carbons (Fsp3) is 0.400. The molecule has 1 aliphatic heterocycles. The highest BCUT2D eigenvalue weighted by molar-refractivity contribution is 8.00. The summed E-state index contributed by atoms with van der Waals surface area (Å²) in [6.07, 6.45) is 1.75. The van der Waals surface area contributed by atoms with Crippen LogP contribution in [0.5, 0.6) is 0 Å². The Morgan fingerprint density at radius 1 is 1.30 bits per heavy atom. The summed E-state index contributed by atoms with van der Waals surface area (Å²) in [4.78, 5) is 19.2. The van der Waals surface area contributed by atoms with Gasteiger partial charge in [-0.25, -0.2) is 10.8 Å². The molecule has 3 heterocycles. The first kappa shape index (κ1) is 13.5. The lowest BCUT2D eigenvalue weighted by atomic mass is 10.4. The van der Waals surface area contributed by atoms with E-state index in [1.807, 2.05) is 5.38 Å². The molecule has 2 aromatic rings. The van der Waals surface area contributed by atoms with Crippen molar-refractivity contribution in [2.24, 2.45) is 5.84 Å². The summed E-state index contributed by atoms with van der Waals surface area (Å²) >= 11 is 2.93. The zero-order valence-electron chi connectivity index (χ0n) is 10.5. The molecule has 0 unspecified atom stereocenters. The standard InChI is InChI=1S/C10H13N7OS2/c11-16-7-13-8(17-2-4-18-5-3-17)15-9(14-7)20-10-12-1-6-19-10/h1,6H,2-5,11H2,(H,13,14,15,16). The first-order valence-electron chi connectivity index (χ1n) is 5.98. The highest BCUT2D eigenvalue weighted by Gasteiger charge is 2.17. The summed E-state index contributed by atoms with van der Waals surface area (Å²) in [6, 6.07) is 0. The number of ether oxygens (including phenoxy) is 1. The van der Waals surface area contributed by atoms with Gasteiger partial charge in [0.05, 0.1) is 13.2 Å². The van der Waals surface area contributed by atoms with Crippen LogP contribution in [0.15, 0.2) is 21.1 Å². The Balaban J connectivity index is 1.85. The fourth-order valence-electron chi connectivity index (χ4n) is 1.70. The Morgan fingerprint density at radius 2 is 2.15 bits per heavy atom. The summed E-state index contributed by atoms with van der Waals surface area (Å²) in [7, 11) is 0. The molecule has 0 radical (unpaired) electrons. The molecule has 0 saturated carbocycles. The Hall–Kier alpha value is -1.49. The van der Waals surface area contributed by atoms with Gasteiger partial charge >= 0.3 is 0 Å². The smallest absolute Gasteiger partial charge is 0.242 e. The molecule has 0 spiro atoms. The number of nitrogens with two attached hydrogens (primary N) is 1. The summed E-state index contributed by atoms with van der Waals surface area (Å²) in [6.45, 7) is 2.86. The van der Waals surface area contributed by atoms with Gasteiger partial charge in [-0.2, -0.15) is 15.0 Å². The van der Waals surface area contributed by atoms with Crippen molar-refractivity contribution in [1.29, 1.82) is 0 Å². The van der Waals surface area contributed by atoms with E-state index in [0.29, 0.717) is 30.3 Å². The molecule has 1 saturated heterocycles. The summed E-state index contributed by atoms with van der Waals surface area (Å²) in [5, 5.41) is 2.48. The van der Waals surface area contributed by atoms with Gasteiger partial charge in [-0.3, -0.25) is 5.43 Å². The number of thiazole rings is 1. The molecule has 3 rings (SSSR count). The average Bonchev–Trinajstić information content (AvgIpc) is 3.00. The fourth-order valence-corrected chi connectivity index (χ4v) is 3.17. The second-order valence-electron chi connectivity index (χ2n) is 3.89. The zero-order chi connectivity index (χ0) is 13.8. The van der Waals surface area contributed by atoms with E-state index in [1.54, 1.807) is 6.20 Å². The van der Waals surface area contributed by atoms with Crippen molar-refractivity contribution < 1.29 is 4.74 Å². The zero-order valence-corrected chi connectivity index (χ0v) is 12.2. The molecule has 1 aliphatic rings. The van der Waals surface area contributed by atoms with Crippen LogP contribution in [0.2, 0.25) is 0 Å². The van der Waals surface area contributed by atoms with Crippen molar-refractivity contribution in [2.75, 3.05) is 36.6 Å². The molecule has 0 aromatic carbocycles. The van der Waals surface area contributed by atoms with Crippen molar-refractivity contribution in [1.82, 2.24) is 19.9 Å². The van der Waals surface area contributed by atoms with Gasteiger partial charge in [0.15, 0.2) is 4.34 Å². The Morgan fingerprint density at radius 3 is 2.85 bits per heavy atom. The quantitative estimate of drug-likeness (QED) is 0.620. The number of morpholine rings is 1. The monoisotopic (exact) mass is 311 g/mol. The van der Waals surface area contributed by atoms with Crippen LogP contribution in [0.1, 0.15) is 0 Å². The maximum Gasteiger partial charge on any atom is 0.242 e. The van der Waals surface area contributed by atoms with E-state index in [2.05, 4.69) is 30.3 Å². The van der Waals surface area contributed by atoms with Gasteiger partial charge in [0.25, 0.3) is 0 Å². The minimum atomic E-state index is 0.348. The van der Waals surface area contributed by atoms with Crippen molar-refractivity contribution >= 4 is 35.0 Å². The van der Waals surface area contributed by atoms with Crippen LogP contribution in [-0.4, -0.2) is 46.2 Å². The number of rotatable bonds is 4. The third-order valence-electron chi connectivity index (χ3n) is 2.61. The second-order valence-corrected chi connectivity index (χ2v) is 5.99. The number of nitrogens with zero attached hydrogens (tertiary/aromatic N) is 5. The predicted molar refractivity (Wildman–Crippen MR) is 76.9 cm³/mol. The molecule has 0 amide bonds. The minimum Gasteiger partial charge on any atom is -0.378 e. The van der Waals surface area contributed by atoms with E-state index in [1.165, 1.54) is 23.1 Å². The number of anilines is 2. The third-order valence-corrected chi connectivity index (χ3v) is 4.36. The molecule has 106 valence electrons. The predicted octanol–water partition coefficient (Wildman–Crippen LogP) is 0.601. The number of aromatic nitrogens is 4. The molecule has 3 N–H and O–H groups in total. The summed E-state index contributed by atoms with van der Waals surface area (Å²) in [5.74, 6) is 6.38. The lowest BCUT2D eigenvalue weighted by Crippen LogP contribution is -2.37. The van der Waals surface area contributed by atoms with Crippen LogP contribution in [0.25, 0.3) is 0 Å². The van der Waals surface area contributed by atoms with Gasteiger partial charge in [-0.05, 0) is 11.8 Å². The molecule has 8 nitrogen and oxygen atoms in total. The van der Waals surface area contributed by atoms with Gasteiger partial charge in [0, 0.05) is 24.7 Å². The Bertz CT molecular complexity index is 559. The normalized spacial score (nSPS) is 15.3. The first-order valence-corrected chi connectivity index (χ1v) is 7.67. The van der Waals surface area contributed by atoms with E-state index in [-0.39, 0.29) is 0 Å². The van der Waals surface area contributed by atoms with Crippen molar-refractivity contribution in [3.05, 3.63) is 11.6 Å². The molecule has 1 fully saturated rings. The van der Waals surface area contributed by atoms with Crippen molar-refractivity contribution in [2.45, 2.75) is 9.50 Å². The first-order chi connectivity index (χ1) is 9.85. The molecule has 0 atom stereocenters. The molecule has 0 aliphatic carbocycles. The van der Waals surface area contributed by atoms with Crippen LogP contribution in [-0.2, 0) is 4.74 Å². The largest absolute Gasteiger partial charge is 0.378 e. The van der Waals surface area contributed by atoms with Gasteiger partial charge in [0.2, 0.25) is 17.1 Å². The molecule has 0 bridgehead atoms. The van der Waals surface area contributed by atoms with Crippen molar-refractivity contribution in [3.63, 3.8) is 0 Å². The number of hydrogen-bond acceptors (Lipinski definition) is 10. The summed E-state index contributed by atoms with van der Waals surface area (Å²) < 4.78 is 6.21. The van der Waals surface area contributed by atoms with Crippen LogP contribution >= 0.6 is 23.1 Å². The molecule has 2 aromatic heterocycles. The van der Waals surface area contributed by atoms with Crippen LogP contribution in [0.4, 0.5) is 11.9 Å². The maximum atomic E-state index is 5.42. The molecular formula is C10H13N7OS2. The van der Waals surface area contributed by atoms with Gasteiger partial charge in [-0.1, -0.05) is 0 Å². The highest BCUT2D eigenvalue weighted by Crippen LogP contribution is 2.28. The Kier molecular flexibility index (Phi) is 4.25. The topological polar surface area (TPSA) is 102 Å². The lowest BCUT2D eigenvalue weighted by molar-refractivity contribution is 0.122. The second kappa shape index (κ2) is 6.31. The van der Waals surface area contributed by atoms with Gasteiger partial charge in [-0.15, -0.1) is 11.3 Å². The van der Waals surface area contributed by atoms with Crippen molar-refractivity contribution in [3.8, 4) is 0 Å². The lowest BCUT2D eigenvalue weighted by Gasteiger charge is -2.26. The number of hydrazine groups is 1.